The third kappa shape index (κ3) is 1.79. The quantitative estimate of drug-likeness (QED) is 0.700. The predicted octanol–water partition coefficient (Wildman–Crippen LogP) is 2.35. The van der Waals surface area contributed by atoms with E-state index in [4.69, 9.17) is 5.73 Å². The molecule has 15 heavy (non-hydrogen) atoms. The van der Waals surface area contributed by atoms with E-state index < -0.39 is 0 Å². The Labute approximate surface area is 88.5 Å². The van der Waals surface area contributed by atoms with Gasteiger partial charge in [0.15, 0.2) is 0 Å². The molecule has 0 aliphatic rings. The number of aromatic nitrogens is 2. The van der Waals surface area contributed by atoms with Crippen molar-refractivity contribution in [2.45, 2.75) is 13.8 Å². The van der Waals surface area contributed by atoms with E-state index in [-0.39, 0.29) is 0 Å². The van der Waals surface area contributed by atoms with Crippen molar-refractivity contribution in [3.8, 4) is 0 Å². The normalized spacial score (nSPS) is 10.3. The SMILES string of the molecule is Cc1cccc(Nc2cn[nH]c2N)c1C. The maximum atomic E-state index is 5.70. The molecule has 0 amide bonds. The standard InChI is InChI=1S/C11H14N4/c1-7-4-3-5-9(8(7)2)14-10-6-13-15-11(10)12/h3-6,14H,1-2H3,(H3,12,13,15). The lowest BCUT2D eigenvalue weighted by Gasteiger charge is -2.10. The van der Waals surface area contributed by atoms with E-state index in [1.807, 2.05) is 12.1 Å². The topological polar surface area (TPSA) is 66.7 Å². The van der Waals surface area contributed by atoms with Gasteiger partial charge in [-0.2, -0.15) is 5.10 Å². The van der Waals surface area contributed by atoms with Gasteiger partial charge in [0.05, 0.1) is 6.20 Å². The predicted molar refractivity (Wildman–Crippen MR) is 62.2 cm³/mol. The summed E-state index contributed by atoms with van der Waals surface area (Å²) in [6, 6.07) is 6.12. The maximum absolute atomic E-state index is 5.70. The van der Waals surface area contributed by atoms with Gasteiger partial charge in [-0.05, 0) is 31.0 Å². The second-order valence-electron chi connectivity index (χ2n) is 3.57. The fourth-order valence-electron chi connectivity index (χ4n) is 1.43. The number of nitrogens with two attached hydrogens (primary N) is 1. The first-order valence-corrected chi connectivity index (χ1v) is 4.80. The van der Waals surface area contributed by atoms with Crippen molar-refractivity contribution in [3.05, 3.63) is 35.5 Å². The molecule has 0 saturated heterocycles. The number of hydrogen-bond acceptors (Lipinski definition) is 3. The highest BCUT2D eigenvalue weighted by atomic mass is 15.2. The van der Waals surface area contributed by atoms with Gasteiger partial charge in [-0.1, -0.05) is 12.1 Å². The zero-order chi connectivity index (χ0) is 10.8. The third-order valence-electron chi connectivity index (χ3n) is 2.54. The summed E-state index contributed by atoms with van der Waals surface area (Å²) >= 11 is 0. The number of H-pyrrole nitrogens is 1. The van der Waals surface area contributed by atoms with Crippen molar-refractivity contribution >= 4 is 17.2 Å². The molecule has 78 valence electrons. The van der Waals surface area contributed by atoms with Crippen molar-refractivity contribution in [1.29, 1.82) is 0 Å². The van der Waals surface area contributed by atoms with Gasteiger partial charge < -0.3 is 11.1 Å². The number of nitrogen functional groups attached to an aromatic ring is 1. The van der Waals surface area contributed by atoms with Crippen molar-refractivity contribution < 1.29 is 0 Å². The summed E-state index contributed by atoms with van der Waals surface area (Å²) in [5.41, 5.74) is 10.0. The van der Waals surface area contributed by atoms with Gasteiger partial charge in [-0.3, -0.25) is 5.10 Å². The number of aromatic amines is 1. The highest BCUT2D eigenvalue weighted by molar-refractivity contribution is 5.71. The summed E-state index contributed by atoms with van der Waals surface area (Å²) in [5.74, 6) is 0.552. The number of nitrogens with one attached hydrogen (secondary N) is 2. The molecule has 0 unspecified atom stereocenters. The van der Waals surface area contributed by atoms with Crippen LogP contribution in [0.15, 0.2) is 24.4 Å². The van der Waals surface area contributed by atoms with Crippen LogP contribution in [0.4, 0.5) is 17.2 Å². The van der Waals surface area contributed by atoms with Crippen LogP contribution in [0.5, 0.6) is 0 Å². The van der Waals surface area contributed by atoms with Gasteiger partial charge in [-0.15, -0.1) is 0 Å². The first-order valence-electron chi connectivity index (χ1n) is 4.80. The highest BCUT2D eigenvalue weighted by Gasteiger charge is 2.04. The molecule has 2 rings (SSSR count). The largest absolute Gasteiger partial charge is 0.382 e. The first-order chi connectivity index (χ1) is 7.18. The van der Waals surface area contributed by atoms with Gasteiger partial charge in [0.1, 0.15) is 11.5 Å². The van der Waals surface area contributed by atoms with E-state index in [0.717, 1.165) is 11.4 Å². The van der Waals surface area contributed by atoms with Crippen LogP contribution < -0.4 is 11.1 Å². The number of nitrogens with zero attached hydrogens (tertiary/aromatic N) is 1. The molecule has 4 heteroatoms. The first kappa shape index (κ1) is 9.58. The van der Waals surface area contributed by atoms with Gasteiger partial charge in [0, 0.05) is 5.69 Å². The summed E-state index contributed by atoms with van der Waals surface area (Å²) in [4.78, 5) is 0. The minimum Gasteiger partial charge on any atom is -0.382 e. The van der Waals surface area contributed by atoms with E-state index >= 15 is 0 Å². The Morgan fingerprint density at radius 2 is 2.07 bits per heavy atom. The molecule has 0 spiro atoms. The fraction of sp³-hybridized carbons (Fsp3) is 0.182. The number of hydrogen-bond donors (Lipinski definition) is 3. The monoisotopic (exact) mass is 202 g/mol. The molecule has 1 heterocycles. The summed E-state index contributed by atoms with van der Waals surface area (Å²) in [5, 5.41) is 9.79. The van der Waals surface area contributed by atoms with Crippen molar-refractivity contribution in [1.82, 2.24) is 10.2 Å². The molecule has 1 aromatic heterocycles. The molecule has 0 aliphatic heterocycles. The zero-order valence-electron chi connectivity index (χ0n) is 8.83. The second kappa shape index (κ2) is 3.65. The third-order valence-corrected chi connectivity index (χ3v) is 2.54. The Morgan fingerprint density at radius 3 is 2.73 bits per heavy atom. The Morgan fingerprint density at radius 1 is 1.27 bits per heavy atom. The number of aryl methyl sites for hydroxylation is 1. The lowest BCUT2D eigenvalue weighted by Crippen LogP contribution is -1.96. The highest BCUT2D eigenvalue weighted by Crippen LogP contribution is 2.24. The molecule has 0 fully saturated rings. The maximum Gasteiger partial charge on any atom is 0.143 e. The smallest absolute Gasteiger partial charge is 0.143 e. The van der Waals surface area contributed by atoms with Crippen LogP contribution in [0.1, 0.15) is 11.1 Å². The van der Waals surface area contributed by atoms with Crippen LogP contribution in [0, 0.1) is 13.8 Å². The van der Waals surface area contributed by atoms with Crippen LogP contribution >= 0.6 is 0 Å². The Bertz CT molecular complexity index is 473. The molecule has 0 aliphatic carbocycles. The molecule has 4 N–H and O–H groups in total. The van der Waals surface area contributed by atoms with Crippen LogP contribution in [-0.4, -0.2) is 10.2 Å². The van der Waals surface area contributed by atoms with E-state index in [2.05, 4.69) is 35.4 Å². The summed E-state index contributed by atoms with van der Waals surface area (Å²) < 4.78 is 0. The summed E-state index contributed by atoms with van der Waals surface area (Å²) in [6.45, 7) is 4.16. The molecular weight excluding hydrogens is 188 g/mol. The number of benzene rings is 1. The lowest BCUT2D eigenvalue weighted by molar-refractivity contribution is 1.10. The van der Waals surface area contributed by atoms with Gasteiger partial charge in [-0.25, -0.2) is 0 Å². The Kier molecular flexibility index (Phi) is 2.33. The van der Waals surface area contributed by atoms with Crippen LogP contribution in [0.2, 0.25) is 0 Å². The van der Waals surface area contributed by atoms with Gasteiger partial charge in [0.2, 0.25) is 0 Å². The Hall–Kier alpha value is -1.97. The van der Waals surface area contributed by atoms with Gasteiger partial charge >= 0.3 is 0 Å². The molecule has 0 bridgehead atoms. The minimum atomic E-state index is 0.552. The van der Waals surface area contributed by atoms with Gasteiger partial charge in [0.25, 0.3) is 0 Å². The van der Waals surface area contributed by atoms with Crippen molar-refractivity contribution in [2.75, 3.05) is 11.1 Å². The summed E-state index contributed by atoms with van der Waals surface area (Å²) in [7, 11) is 0. The zero-order valence-corrected chi connectivity index (χ0v) is 8.83. The number of anilines is 3. The lowest BCUT2D eigenvalue weighted by atomic mass is 10.1. The fourth-order valence-corrected chi connectivity index (χ4v) is 1.43. The van der Waals surface area contributed by atoms with Crippen LogP contribution in [-0.2, 0) is 0 Å². The average Bonchev–Trinajstić information content (AvgIpc) is 2.60. The van der Waals surface area contributed by atoms with E-state index in [1.165, 1.54) is 11.1 Å². The molecule has 2 aromatic rings. The van der Waals surface area contributed by atoms with Crippen molar-refractivity contribution in [3.63, 3.8) is 0 Å². The number of rotatable bonds is 2. The van der Waals surface area contributed by atoms with Crippen LogP contribution in [0.25, 0.3) is 0 Å². The minimum absolute atomic E-state index is 0.552. The molecule has 1 aromatic carbocycles. The van der Waals surface area contributed by atoms with E-state index in [1.54, 1.807) is 6.20 Å². The van der Waals surface area contributed by atoms with Crippen LogP contribution in [0.3, 0.4) is 0 Å². The average molecular weight is 202 g/mol. The molecule has 0 radical (unpaired) electrons. The summed E-state index contributed by atoms with van der Waals surface area (Å²) in [6.07, 6.45) is 1.68. The molecular formula is C11H14N4. The molecule has 4 nitrogen and oxygen atoms in total. The molecule has 0 saturated carbocycles. The van der Waals surface area contributed by atoms with E-state index in [0.29, 0.717) is 5.82 Å². The Balaban J connectivity index is 2.33. The van der Waals surface area contributed by atoms with E-state index in [9.17, 15) is 0 Å². The molecule has 0 atom stereocenters. The second-order valence-corrected chi connectivity index (χ2v) is 3.57. The van der Waals surface area contributed by atoms with Crippen molar-refractivity contribution in [2.24, 2.45) is 0 Å².